The van der Waals surface area contributed by atoms with E-state index in [1.165, 1.54) is 12.1 Å². The van der Waals surface area contributed by atoms with E-state index < -0.39 is 0 Å². The number of nitrogens with two attached hydrogens (primary N) is 1. The zero-order chi connectivity index (χ0) is 13.5. The van der Waals surface area contributed by atoms with E-state index in [1.807, 2.05) is 6.92 Å². The van der Waals surface area contributed by atoms with E-state index in [-0.39, 0.29) is 11.9 Å². The highest BCUT2D eigenvalue weighted by molar-refractivity contribution is 5.36. The Morgan fingerprint density at radius 1 is 1.33 bits per heavy atom. The molecule has 18 heavy (non-hydrogen) atoms. The second-order valence-electron chi connectivity index (χ2n) is 4.35. The van der Waals surface area contributed by atoms with E-state index in [2.05, 4.69) is 18.7 Å². The first-order valence-electron chi connectivity index (χ1n) is 6.48. The van der Waals surface area contributed by atoms with Crippen LogP contribution in [0.15, 0.2) is 18.2 Å². The molecule has 1 aromatic carbocycles. The molecule has 1 rings (SSSR count). The number of benzene rings is 1. The lowest BCUT2D eigenvalue weighted by Gasteiger charge is -2.19. The molecule has 3 nitrogen and oxygen atoms in total. The quantitative estimate of drug-likeness (QED) is 0.812. The molecule has 4 heteroatoms. The van der Waals surface area contributed by atoms with Crippen LogP contribution in [-0.4, -0.2) is 31.1 Å². The summed E-state index contributed by atoms with van der Waals surface area (Å²) in [5.74, 6) is 0.400. The maximum Gasteiger partial charge on any atom is 0.124 e. The van der Waals surface area contributed by atoms with Gasteiger partial charge in [-0.25, -0.2) is 4.39 Å². The Bertz CT molecular complexity index is 365. The zero-order valence-electron chi connectivity index (χ0n) is 11.4. The molecule has 1 atom stereocenters. The van der Waals surface area contributed by atoms with Crippen molar-refractivity contribution in [1.29, 1.82) is 0 Å². The Labute approximate surface area is 109 Å². The summed E-state index contributed by atoms with van der Waals surface area (Å²) in [6, 6.07) is 4.26. The van der Waals surface area contributed by atoms with Crippen molar-refractivity contribution < 1.29 is 9.13 Å². The molecule has 0 aliphatic heterocycles. The summed E-state index contributed by atoms with van der Waals surface area (Å²) >= 11 is 0. The lowest BCUT2D eigenvalue weighted by molar-refractivity contribution is 0.221. The van der Waals surface area contributed by atoms with Crippen molar-refractivity contribution in [2.24, 2.45) is 5.73 Å². The highest BCUT2D eigenvalue weighted by atomic mass is 19.1. The third kappa shape index (κ3) is 4.27. The van der Waals surface area contributed by atoms with Crippen LogP contribution in [-0.2, 0) is 0 Å². The van der Waals surface area contributed by atoms with Crippen LogP contribution in [0.25, 0.3) is 0 Å². The number of rotatable bonds is 7. The van der Waals surface area contributed by atoms with Crippen LogP contribution in [0.3, 0.4) is 0 Å². The third-order valence-corrected chi connectivity index (χ3v) is 3.02. The molecular weight excluding hydrogens is 231 g/mol. The van der Waals surface area contributed by atoms with Gasteiger partial charge in [0.1, 0.15) is 18.2 Å². The van der Waals surface area contributed by atoms with Gasteiger partial charge >= 0.3 is 0 Å². The molecule has 0 amide bonds. The first-order chi connectivity index (χ1) is 8.58. The molecule has 1 unspecified atom stereocenters. The van der Waals surface area contributed by atoms with Gasteiger partial charge < -0.3 is 15.4 Å². The van der Waals surface area contributed by atoms with Gasteiger partial charge in [-0.3, -0.25) is 0 Å². The van der Waals surface area contributed by atoms with Crippen molar-refractivity contribution in [3.63, 3.8) is 0 Å². The van der Waals surface area contributed by atoms with E-state index in [9.17, 15) is 4.39 Å². The minimum atomic E-state index is -0.279. The summed E-state index contributed by atoms with van der Waals surface area (Å²) in [6.45, 7) is 9.53. The number of likely N-dealkylation sites (N-methyl/N-ethyl adjacent to an activating group) is 1. The first kappa shape index (κ1) is 14.9. The standard InChI is InChI=1S/C14H23FN2O/c1-4-17(5-2)8-9-18-14-7-6-12(15)10-13(14)11(3)16/h6-7,10-11H,4-5,8-9,16H2,1-3H3. The molecule has 0 aliphatic carbocycles. The molecule has 1 aromatic rings. The van der Waals surface area contributed by atoms with Crippen LogP contribution in [0.4, 0.5) is 4.39 Å². The molecule has 0 aliphatic rings. The SMILES string of the molecule is CCN(CC)CCOc1ccc(F)cc1C(C)N. The Hall–Kier alpha value is -1.13. The zero-order valence-corrected chi connectivity index (χ0v) is 11.4. The lowest BCUT2D eigenvalue weighted by atomic mass is 10.1. The molecule has 2 N–H and O–H groups in total. The Morgan fingerprint density at radius 3 is 2.56 bits per heavy atom. The minimum absolute atomic E-state index is 0.232. The van der Waals surface area contributed by atoms with E-state index in [1.54, 1.807) is 6.07 Å². The molecule has 0 aromatic heterocycles. The summed E-state index contributed by atoms with van der Waals surface area (Å²) in [4.78, 5) is 2.27. The normalized spacial score (nSPS) is 12.8. The van der Waals surface area contributed by atoms with Crippen LogP contribution in [0.5, 0.6) is 5.75 Å². The molecule has 0 saturated carbocycles. The molecule has 0 radical (unpaired) electrons. The van der Waals surface area contributed by atoms with Gasteiger partial charge in [-0.15, -0.1) is 0 Å². The minimum Gasteiger partial charge on any atom is -0.492 e. The Balaban J connectivity index is 2.61. The maximum absolute atomic E-state index is 13.1. The second-order valence-corrected chi connectivity index (χ2v) is 4.35. The maximum atomic E-state index is 13.1. The number of halogens is 1. The first-order valence-corrected chi connectivity index (χ1v) is 6.48. The molecule has 0 fully saturated rings. The van der Waals surface area contributed by atoms with Gasteiger partial charge in [0, 0.05) is 18.2 Å². The van der Waals surface area contributed by atoms with Gasteiger partial charge in [-0.05, 0) is 38.2 Å². The fraction of sp³-hybridized carbons (Fsp3) is 0.571. The fourth-order valence-electron chi connectivity index (χ4n) is 1.83. The fourth-order valence-corrected chi connectivity index (χ4v) is 1.83. The highest BCUT2D eigenvalue weighted by Crippen LogP contribution is 2.24. The van der Waals surface area contributed by atoms with Gasteiger partial charge in [0.15, 0.2) is 0 Å². The van der Waals surface area contributed by atoms with Crippen molar-refractivity contribution >= 4 is 0 Å². The smallest absolute Gasteiger partial charge is 0.124 e. The Morgan fingerprint density at radius 2 is 2.00 bits per heavy atom. The van der Waals surface area contributed by atoms with Crippen LogP contribution in [0.1, 0.15) is 32.4 Å². The van der Waals surface area contributed by atoms with Crippen LogP contribution in [0.2, 0.25) is 0 Å². The summed E-state index contributed by atoms with van der Waals surface area (Å²) < 4.78 is 18.8. The topological polar surface area (TPSA) is 38.5 Å². The van der Waals surface area contributed by atoms with Gasteiger partial charge in [0.05, 0.1) is 0 Å². The molecule has 0 saturated heterocycles. The number of hydrogen-bond donors (Lipinski definition) is 1. The largest absolute Gasteiger partial charge is 0.492 e. The summed E-state index contributed by atoms with van der Waals surface area (Å²) in [7, 11) is 0. The number of hydrogen-bond acceptors (Lipinski definition) is 3. The summed E-state index contributed by atoms with van der Waals surface area (Å²) in [6.07, 6.45) is 0. The number of nitrogens with zero attached hydrogens (tertiary/aromatic N) is 1. The Kier molecular flexibility index (Phi) is 6.09. The van der Waals surface area contributed by atoms with Gasteiger partial charge in [0.25, 0.3) is 0 Å². The van der Waals surface area contributed by atoms with Gasteiger partial charge in [-0.2, -0.15) is 0 Å². The molecule has 0 bridgehead atoms. The monoisotopic (exact) mass is 254 g/mol. The molecular formula is C14H23FN2O. The predicted octanol–water partition coefficient (Wildman–Crippen LogP) is 2.57. The van der Waals surface area contributed by atoms with E-state index in [4.69, 9.17) is 10.5 Å². The van der Waals surface area contributed by atoms with Crippen molar-refractivity contribution in [3.8, 4) is 5.75 Å². The number of ether oxygens (including phenoxy) is 1. The van der Waals surface area contributed by atoms with Gasteiger partial charge in [0.2, 0.25) is 0 Å². The van der Waals surface area contributed by atoms with E-state index in [0.717, 1.165) is 25.2 Å². The highest BCUT2D eigenvalue weighted by Gasteiger charge is 2.10. The van der Waals surface area contributed by atoms with Crippen LogP contribution in [0, 0.1) is 5.82 Å². The third-order valence-electron chi connectivity index (χ3n) is 3.02. The summed E-state index contributed by atoms with van der Waals surface area (Å²) in [5.41, 5.74) is 6.53. The molecule has 0 spiro atoms. The summed E-state index contributed by atoms with van der Waals surface area (Å²) in [5, 5.41) is 0. The van der Waals surface area contributed by atoms with Crippen LogP contribution < -0.4 is 10.5 Å². The van der Waals surface area contributed by atoms with Gasteiger partial charge in [-0.1, -0.05) is 13.8 Å². The average Bonchev–Trinajstić information content (AvgIpc) is 2.36. The van der Waals surface area contributed by atoms with E-state index >= 15 is 0 Å². The lowest BCUT2D eigenvalue weighted by Crippen LogP contribution is -2.28. The average molecular weight is 254 g/mol. The van der Waals surface area contributed by atoms with Crippen LogP contribution >= 0.6 is 0 Å². The second kappa shape index (κ2) is 7.34. The van der Waals surface area contributed by atoms with Crippen molar-refractivity contribution in [2.75, 3.05) is 26.2 Å². The van der Waals surface area contributed by atoms with Crippen molar-refractivity contribution in [1.82, 2.24) is 4.90 Å². The van der Waals surface area contributed by atoms with E-state index in [0.29, 0.717) is 12.4 Å². The van der Waals surface area contributed by atoms with Crippen molar-refractivity contribution in [3.05, 3.63) is 29.6 Å². The predicted molar refractivity (Wildman–Crippen MR) is 72.3 cm³/mol. The molecule has 102 valence electrons. The van der Waals surface area contributed by atoms with Crippen molar-refractivity contribution in [2.45, 2.75) is 26.8 Å². The molecule has 0 heterocycles.